The average Bonchev–Trinajstić information content (AvgIpc) is 3.07. The maximum absolute atomic E-state index is 12.7. The molecule has 0 fully saturated rings. The largest absolute Gasteiger partial charge is 0.543 e. The van der Waals surface area contributed by atoms with Crippen molar-refractivity contribution in [3.8, 4) is 11.5 Å². The minimum atomic E-state index is -2.30. The number of carboxylic acid groups (broad SMARTS) is 1. The highest BCUT2D eigenvalue weighted by atomic mass is 28.4. The number of aliphatic carboxylic acids is 1. The molecule has 1 aliphatic rings. The van der Waals surface area contributed by atoms with Gasteiger partial charge in [-0.15, -0.1) is 0 Å². The number of hydrogen-bond acceptors (Lipinski definition) is 6. The van der Waals surface area contributed by atoms with Crippen molar-refractivity contribution in [3.05, 3.63) is 33.9 Å². The van der Waals surface area contributed by atoms with Gasteiger partial charge in [-0.1, -0.05) is 26.8 Å². The van der Waals surface area contributed by atoms with Crippen LogP contribution in [0.4, 0.5) is 0 Å². The van der Waals surface area contributed by atoms with Crippen molar-refractivity contribution >= 4 is 20.3 Å². The molecule has 0 radical (unpaired) electrons. The summed E-state index contributed by atoms with van der Waals surface area (Å²) in [5.41, 5.74) is 3.67. The quantitative estimate of drug-likeness (QED) is 0.311. The Balaban J connectivity index is 2.66. The number of cyclic esters (lactones) is 1. The van der Waals surface area contributed by atoms with Gasteiger partial charge >= 0.3 is 11.9 Å². The highest BCUT2D eigenvalue weighted by Crippen LogP contribution is 2.46. The van der Waals surface area contributed by atoms with E-state index in [0.29, 0.717) is 23.5 Å². The topological polar surface area (TPSA) is 91.3 Å². The summed E-state index contributed by atoms with van der Waals surface area (Å²) in [4.78, 5) is 23.9. The Bertz CT molecular complexity index is 926. The van der Waals surface area contributed by atoms with Crippen LogP contribution in [0.15, 0.2) is 11.6 Å². The molecule has 8 heteroatoms. The highest BCUT2D eigenvalue weighted by molar-refractivity contribution is 6.74. The lowest BCUT2D eigenvalue weighted by atomic mass is 9.94. The summed E-state index contributed by atoms with van der Waals surface area (Å²) in [5.74, 6) is -0.137. The lowest BCUT2D eigenvalue weighted by molar-refractivity contribution is -0.139. The Morgan fingerprint density at radius 3 is 2.38 bits per heavy atom. The number of carbonyl (C=O) groups excluding carboxylic acids is 1. The molecule has 0 saturated heterocycles. The molecule has 1 atom stereocenters. The molecule has 0 amide bonds. The SMILES string of the molecule is COc1c(C)c2c(c(O[Si](C)(C)C(C)(C)C)c1C/C=C(\C)C(CC(=O)O)OC)C(=O)OC2. The van der Waals surface area contributed by atoms with Gasteiger partial charge in [0.25, 0.3) is 8.32 Å². The molecule has 0 spiro atoms. The third-order valence-electron chi connectivity index (χ3n) is 6.57. The van der Waals surface area contributed by atoms with Gasteiger partial charge < -0.3 is 23.7 Å². The Labute approximate surface area is 191 Å². The molecule has 1 N–H and O–H groups in total. The summed E-state index contributed by atoms with van der Waals surface area (Å²) in [6, 6.07) is 0. The lowest BCUT2D eigenvalue weighted by Gasteiger charge is -2.37. The fourth-order valence-corrected chi connectivity index (χ4v) is 4.56. The highest BCUT2D eigenvalue weighted by Gasteiger charge is 2.42. The summed E-state index contributed by atoms with van der Waals surface area (Å²) in [6.45, 7) is 14.6. The van der Waals surface area contributed by atoms with E-state index in [2.05, 4.69) is 33.9 Å². The smallest absolute Gasteiger partial charge is 0.342 e. The van der Waals surface area contributed by atoms with Crippen molar-refractivity contribution in [1.82, 2.24) is 0 Å². The van der Waals surface area contributed by atoms with Gasteiger partial charge in [-0.25, -0.2) is 4.79 Å². The van der Waals surface area contributed by atoms with E-state index in [0.717, 1.165) is 22.3 Å². The van der Waals surface area contributed by atoms with E-state index < -0.39 is 20.4 Å². The molecular formula is C24H36O7Si. The van der Waals surface area contributed by atoms with Gasteiger partial charge in [0, 0.05) is 18.2 Å². The van der Waals surface area contributed by atoms with Crippen LogP contribution in [-0.2, 0) is 27.3 Å². The first kappa shape index (κ1) is 25.9. The van der Waals surface area contributed by atoms with E-state index in [1.54, 1.807) is 7.11 Å². The van der Waals surface area contributed by atoms with Gasteiger partial charge in [0.05, 0.1) is 19.6 Å². The maximum Gasteiger partial charge on any atom is 0.342 e. The van der Waals surface area contributed by atoms with Gasteiger partial charge in [-0.2, -0.15) is 0 Å². The van der Waals surface area contributed by atoms with Crippen molar-refractivity contribution in [2.24, 2.45) is 0 Å². The molecule has 1 aromatic carbocycles. The molecular weight excluding hydrogens is 428 g/mol. The molecule has 0 aromatic heterocycles. The number of benzene rings is 1. The van der Waals surface area contributed by atoms with Crippen LogP contribution in [-0.4, -0.2) is 45.7 Å². The Morgan fingerprint density at radius 2 is 1.88 bits per heavy atom. The van der Waals surface area contributed by atoms with E-state index in [4.69, 9.17) is 23.7 Å². The zero-order valence-electron chi connectivity index (χ0n) is 20.7. The molecule has 7 nitrogen and oxygen atoms in total. The summed E-state index contributed by atoms with van der Waals surface area (Å²) in [5, 5.41) is 9.08. The maximum atomic E-state index is 12.7. The van der Waals surface area contributed by atoms with Crippen LogP contribution in [0, 0.1) is 6.92 Å². The molecule has 32 heavy (non-hydrogen) atoms. The third-order valence-corrected chi connectivity index (χ3v) is 10.9. The second kappa shape index (κ2) is 9.66. The van der Waals surface area contributed by atoms with Gasteiger partial charge in [0.15, 0.2) is 0 Å². The number of fused-ring (bicyclic) bond motifs is 1. The molecule has 0 bridgehead atoms. The van der Waals surface area contributed by atoms with Gasteiger partial charge in [0.1, 0.15) is 23.7 Å². The summed E-state index contributed by atoms with van der Waals surface area (Å²) in [7, 11) is 0.799. The van der Waals surface area contributed by atoms with E-state index in [-0.39, 0.29) is 24.0 Å². The Morgan fingerprint density at radius 1 is 1.25 bits per heavy atom. The van der Waals surface area contributed by atoms with Crippen molar-refractivity contribution in [3.63, 3.8) is 0 Å². The second-order valence-electron chi connectivity index (χ2n) is 9.73. The summed E-state index contributed by atoms with van der Waals surface area (Å²) < 4.78 is 23.2. The molecule has 2 rings (SSSR count). The number of carbonyl (C=O) groups is 2. The van der Waals surface area contributed by atoms with Crippen LogP contribution >= 0.6 is 0 Å². The summed E-state index contributed by atoms with van der Waals surface area (Å²) >= 11 is 0. The number of esters is 1. The first-order valence-corrected chi connectivity index (χ1v) is 13.7. The number of carboxylic acids is 1. The molecule has 0 aliphatic carbocycles. The fraction of sp³-hybridized carbons (Fsp3) is 0.583. The first-order valence-electron chi connectivity index (χ1n) is 10.7. The van der Waals surface area contributed by atoms with Crippen molar-refractivity contribution in [1.29, 1.82) is 0 Å². The van der Waals surface area contributed by atoms with Crippen LogP contribution in [0.5, 0.6) is 11.5 Å². The predicted molar refractivity (Wildman–Crippen MR) is 125 cm³/mol. The first-order chi connectivity index (χ1) is 14.7. The predicted octanol–water partition coefficient (Wildman–Crippen LogP) is 5.04. The Kier molecular flexibility index (Phi) is 7.83. The van der Waals surface area contributed by atoms with Crippen molar-refractivity contribution < 1.29 is 33.3 Å². The minimum absolute atomic E-state index is 0.0772. The molecule has 1 aromatic rings. The van der Waals surface area contributed by atoms with E-state index >= 15 is 0 Å². The number of ether oxygens (including phenoxy) is 3. The summed E-state index contributed by atoms with van der Waals surface area (Å²) in [6.07, 6.45) is 1.65. The van der Waals surface area contributed by atoms with Crippen molar-refractivity contribution in [2.75, 3.05) is 14.2 Å². The Hall–Kier alpha value is -2.32. The normalized spacial score (nSPS) is 15.3. The van der Waals surface area contributed by atoms with Crippen LogP contribution in [0.25, 0.3) is 0 Å². The number of allylic oxidation sites excluding steroid dienone is 1. The van der Waals surface area contributed by atoms with Crippen molar-refractivity contribution in [2.45, 2.75) is 78.3 Å². The van der Waals surface area contributed by atoms with Crippen LogP contribution in [0.2, 0.25) is 18.1 Å². The van der Waals surface area contributed by atoms with Gasteiger partial charge in [-0.3, -0.25) is 4.79 Å². The molecule has 1 aliphatic heterocycles. The fourth-order valence-electron chi connectivity index (χ4n) is 3.51. The van der Waals surface area contributed by atoms with Crippen LogP contribution in [0.1, 0.15) is 61.2 Å². The van der Waals surface area contributed by atoms with E-state index in [9.17, 15) is 9.59 Å². The third kappa shape index (κ3) is 5.18. The minimum Gasteiger partial charge on any atom is -0.543 e. The monoisotopic (exact) mass is 464 g/mol. The second-order valence-corrected chi connectivity index (χ2v) is 14.5. The number of rotatable bonds is 9. The lowest BCUT2D eigenvalue weighted by Crippen LogP contribution is -2.44. The van der Waals surface area contributed by atoms with E-state index in [1.807, 2.05) is 19.9 Å². The zero-order chi connectivity index (χ0) is 24.4. The molecule has 0 saturated carbocycles. The number of hydrogen-bond donors (Lipinski definition) is 1. The van der Waals surface area contributed by atoms with Crippen LogP contribution in [0.3, 0.4) is 0 Å². The standard InChI is InChI=1S/C24H36O7Si/c1-14(18(28-6)12-19(25)26)10-11-16-21(29-7)15(2)17-13-30-23(27)20(17)22(16)31-32(8,9)24(3,4)5/h10,18H,11-13H2,1-9H3,(H,25,26)/b14-10+. The zero-order valence-corrected chi connectivity index (χ0v) is 21.7. The molecule has 1 unspecified atom stereocenters. The van der Waals surface area contributed by atoms with E-state index in [1.165, 1.54) is 7.11 Å². The molecule has 1 heterocycles. The average molecular weight is 465 g/mol. The van der Waals surface area contributed by atoms with Gasteiger partial charge in [-0.05, 0) is 49.5 Å². The van der Waals surface area contributed by atoms with Crippen LogP contribution < -0.4 is 9.16 Å². The molecule has 178 valence electrons. The number of methoxy groups -OCH3 is 2. The van der Waals surface area contributed by atoms with Gasteiger partial charge in [0.2, 0.25) is 0 Å².